The number of hydrogen-bond acceptors (Lipinski definition) is 2. The molecule has 1 amide bonds. The Balaban J connectivity index is 2.00. The normalized spacial score (nSPS) is 16.3. The van der Waals surface area contributed by atoms with Gasteiger partial charge < -0.3 is 5.32 Å². The van der Waals surface area contributed by atoms with Crippen LogP contribution in [0.1, 0.15) is 63.0 Å². The van der Waals surface area contributed by atoms with Crippen LogP contribution in [-0.2, 0) is 4.79 Å². The van der Waals surface area contributed by atoms with Gasteiger partial charge in [-0.15, -0.1) is 0 Å². The first-order valence-corrected chi connectivity index (χ1v) is 8.58. The van der Waals surface area contributed by atoms with Gasteiger partial charge in [0.05, 0.1) is 6.54 Å². The summed E-state index contributed by atoms with van der Waals surface area (Å²) in [6.07, 6.45) is 6.39. The van der Waals surface area contributed by atoms with E-state index in [0.717, 1.165) is 11.3 Å². The molecule has 122 valence electrons. The summed E-state index contributed by atoms with van der Waals surface area (Å²) < 4.78 is 0. The van der Waals surface area contributed by atoms with E-state index in [4.69, 9.17) is 0 Å². The number of amides is 1. The number of nitrogens with one attached hydrogen (secondary N) is 1. The second-order valence-electron chi connectivity index (χ2n) is 6.95. The second kappa shape index (κ2) is 7.77. The predicted octanol–water partition coefficient (Wildman–Crippen LogP) is 4.32. The minimum Gasteiger partial charge on any atom is -0.324 e. The first kappa shape index (κ1) is 17.0. The molecule has 1 N–H and O–H groups in total. The summed E-state index contributed by atoms with van der Waals surface area (Å²) >= 11 is 0. The van der Waals surface area contributed by atoms with Gasteiger partial charge in [0.15, 0.2) is 0 Å². The zero-order valence-corrected chi connectivity index (χ0v) is 14.5. The van der Waals surface area contributed by atoms with Crippen molar-refractivity contribution < 1.29 is 4.79 Å². The van der Waals surface area contributed by atoms with Crippen LogP contribution >= 0.6 is 0 Å². The highest BCUT2D eigenvalue weighted by atomic mass is 16.2. The van der Waals surface area contributed by atoms with E-state index in [2.05, 4.69) is 56.2 Å². The van der Waals surface area contributed by atoms with E-state index in [1.165, 1.54) is 37.7 Å². The molecule has 1 aromatic carbocycles. The van der Waals surface area contributed by atoms with E-state index < -0.39 is 0 Å². The van der Waals surface area contributed by atoms with Crippen LogP contribution in [0.15, 0.2) is 18.2 Å². The third-order valence-electron chi connectivity index (χ3n) is 4.78. The summed E-state index contributed by atoms with van der Waals surface area (Å²) in [4.78, 5) is 14.7. The Morgan fingerprint density at radius 2 is 1.95 bits per heavy atom. The van der Waals surface area contributed by atoms with Crippen molar-refractivity contribution in [1.82, 2.24) is 4.90 Å². The molecular weight excluding hydrogens is 272 g/mol. The van der Waals surface area contributed by atoms with Crippen molar-refractivity contribution in [2.75, 3.05) is 18.9 Å². The molecule has 1 fully saturated rings. The van der Waals surface area contributed by atoms with Crippen molar-refractivity contribution in [3.63, 3.8) is 0 Å². The van der Waals surface area contributed by atoms with E-state index in [0.29, 0.717) is 18.5 Å². The minimum absolute atomic E-state index is 0.101. The fourth-order valence-corrected chi connectivity index (χ4v) is 3.40. The van der Waals surface area contributed by atoms with Crippen LogP contribution < -0.4 is 5.32 Å². The number of carbonyl (C=O) groups excluding carboxylic acids is 1. The smallest absolute Gasteiger partial charge is 0.238 e. The number of aryl methyl sites for hydroxylation is 1. The standard InChI is InChI=1S/C19H30N2O/c1-14(2)17-12-8-9-15(3)19(17)20-18(22)13-21(4)16-10-6-5-7-11-16/h8-9,12,14,16H,5-7,10-11,13H2,1-4H3,(H,20,22). The van der Waals surface area contributed by atoms with Gasteiger partial charge in [-0.3, -0.25) is 9.69 Å². The molecule has 1 aliphatic carbocycles. The van der Waals surface area contributed by atoms with E-state index in [1.54, 1.807) is 0 Å². The fourth-order valence-electron chi connectivity index (χ4n) is 3.40. The van der Waals surface area contributed by atoms with Crippen molar-refractivity contribution in [3.05, 3.63) is 29.3 Å². The van der Waals surface area contributed by atoms with Crippen molar-refractivity contribution in [2.24, 2.45) is 0 Å². The molecular formula is C19H30N2O. The van der Waals surface area contributed by atoms with E-state index >= 15 is 0 Å². The Morgan fingerprint density at radius 1 is 1.27 bits per heavy atom. The number of hydrogen-bond donors (Lipinski definition) is 1. The Bertz CT molecular complexity index is 504. The quantitative estimate of drug-likeness (QED) is 0.878. The predicted molar refractivity (Wildman–Crippen MR) is 93.4 cm³/mol. The molecule has 1 saturated carbocycles. The molecule has 0 heterocycles. The summed E-state index contributed by atoms with van der Waals surface area (Å²) in [5, 5.41) is 3.15. The van der Waals surface area contributed by atoms with Crippen molar-refractivity contribution in [3.8, 4) is 0 Å². The molecule has 0 atom stereocenters. The van der Waals surface area contributed by atoms with Crippen LogP contribution in [0.3, 0.4) is 0 Å². The van der Waals surface area contributed by atoms with Gasteiger partial charge in [-0.05, 0) is 43.9 Å². The summed E-state index contributed by atoms with van der Waals surface area (Å²) in [6.45, 7) is 6.88. The summed E-state index contributed by atoms with van der Waals surface area (Å²) in [5.74, 6) is 0.510. The zero-order chi connectivity index (χ0) is 16.1. The number of nitrogens with zero attached hydrogens (tertiary/aromatic N) is 1. The van der Waals surface area contributed by atoms with Crippen LogP contribution in [0.25, 0.3) is 0 Å². The van der Waals surface area contributed by atoms with Gasteiger partial charge in [0.2, 0.25) is 5.91 Å². The lowest BCUT2D eigenvalue weighted by Gasteiger charge is -2.30. The third kappa shape index (κ3) is 4.33. The van der Waals surface area contributed by atoms with Crippen LogP contribution in [0.4, 0.5) is 5.69 Å². The van der Waals surface area contributed by atoms with Gasteiger partial charge >= 0.3 is 0 Å². The van der Waals surface area contributed by atoms with Gasteiger partial charge in [-0.25, -0.2) is 0 Å². The summed E-state index contributed by atoms with van der Waals surface area (Å²) in [7, 11) is 2.08. The fraction of sp³-hybridized carbons (Fsp3) is 0.632. The molecule has 1 aromatic rings. The van der Waals surface area contributed by atoms with E-state index in [9.17, 15) is 4.79 Å². The lowest BCUT2D eigenvalue weighted by molar-refractivity contribution is -0.117. The van der Waals surface area contributed by atoms with Crippen molar-refractivity contribution in [1.29, 1.82) is 0 Å². The molecule has 22 heavy (non-hydrogen) atoms. The lowest BCUT2D eigenvalue weighted by atomic mass is 9.94. The van der Waals surface area contributed by atoms with Crippen molar-refractivity contribution >= 4 is 11.6 Å². The Kier molecular flexibility index (Phi) is 6.01. The number of likely N-dealkylation sites (N-methyl/N-ethyl adjacent to an activating group) is 1. The van der Waals surface area contributed by atoms with Gasteiger partial charge in [-0.1, -0.05) is 51.3 Å². The Hall–Kier alpha value is -1.35. The zero-order valence-electron chi connectivity index (χ0n) is 14.5. The number of anilines is 1. The molecule has 0 unspecified atom stereocenters. The second-order valence-corrected chi connectivity index (χ2v) is 6.95. The van der Waals surface area contributed by atoms with Gasteiger partial charge in [0, 0.05) is 11.7 Å². The SMILES string of the molecule is Cc1cccc(C(C)C)c1NC(=O)CN(C)C1CCCCC1. The maximum atomic E-state index is 12.4. The topological polar surface area (TPSA) is 32.3 Å². The number of benzene rings is 1. The molecule has 0 bridgehead atoms. The minimum atomic E-state index is 0.101. The molecule has 0 saturated heterocycles. The first-order chi connectivity index (χ1) is 10.5. The van der Waals surface area contributed by atoms with Gasteiger partial charge in [0.25, 0.3) is 0 Å². The van der Waals surface area contributed by atoms with E-state index in [-0.39, 0.29) is 5.91 Å². The number of carbonyl (C=O) groups is 1. The maximum absolute atomic E-state index is 12.4. The average molecular weight is 302 g/mol. The number of para-hydroxylation sites is 1. The molecule has 3 nitrogen and oxygen atoms in total. The molecule has 3 heteroatoms. The largest absolute Gasteiger partial charge is 0.324 e. The van der Waals surface area contributed by atoms with Crippen LogP contribution in [0, 0.1) is 6.92 Å². The molecule has 2 rings (SSSR count). The molecule has 0 spiro atoms. The molecule has 0 radical (unpaired) electrons. The third-order valence-corrected chi connectivity index (χ3v) is 4.78. The highest BCUT2D eigenvalue weighted by molar-refractivity contribution is 5.93. The van der Waals surface area contributed by atoms with Crippen LogP contribution in [-0.4, -0.2) is 30.4 Å². The molecule has 0 aliphatic heterocycles. The molecule has 1 aliphatic rings. The summed E-state index contributed by atoms with van der Waals surface area (Å²) in [6, 6.07) is 6.81. The first-order valence-electron chi connectivity index (χ1n) is 8.58. The van der Waals surface area contributed by atoms with Crippen LogP contribution in [0.5, 0.6) is 0 Å². The van der Waals surface area contributed by atoms with Crippen LogP contribution in [0.2, 0.25) is 0 Å². The highest BCUT2D eigenvalue weighted by Gasteiger charge is 2.20. The summed E-state index contributed by atoms with van der Waals surface area (Å²) in [5.41, 5.74) is 3.35. The number of rotatable bonds is 5. The monoisotopic (exact) mass is 302 g/mol. The highest BCUT2D eigenvalue weighted by Crippen LogP contribution is 2.27. The van der Waals surface area contributed by atoms with Gasteiger partial charge in [-0.2, -0.15) is 0 Å². The van der Waals surface area contributed by atoms with Gasteiger partial charge in [0.1, 0.15) is 0 Å². The maximum Gasteiger partial charge on any atom is 0.238 e. The Morgan fingerprint density at radius 3 is 2.59 bits per heavy atom. The molecule has 0 aromatic heterocycles. The Labute approximate surface area is 135 Å². The van der Waals surface area contributed by atoms with E-state index in [1.807, 2.05) is 0 Å². The van der Waals surface area contributed by atoms with Crippen molar-refractivity contribution in [2.45, 2.75) is 64.8 Å². The average Bonchev–Trinajstić information content (AvgIpc) is 2.49. The lowest BCUT2D eigenvalue weighted by Crippen LogP contribution is -2.39.